The maximum Gasteiger partial charge on any atom is 0.417 e. The van der Waals surface area contributed by atoms with Crippen LogP contribution in [0, 0.1) is 29.6 Å². The first-order valence-electron chi connectivity index (χ1n) is 11.2. The van der Waals surface area contributed by atoms with Gasteiger partial charge in [-0.15, -0.1) is 0 Å². The Bertz CT molecular complexity index is 1100. The lowest BCUT2D eigenvalue weighted by Crippen LogP contribution is -2.47. The van der Waals surface area contributed by atoms with E-state index in [4.69, 9.17) is 10.00 Å². The molecule has 2 aromatic rings. The molecule has 2 saturated heterocycles. The van der Waals surface area contributed by atoms with Gasteiger partial charge in [-0.1, -0.05) is 6.07 Å². The molecule has 9 heteroatoms. The molecule has 1 aromatic heterocycles. The van der Waals surface area contributed by atoms with Crippen LogP contribution in [0.25, 0.3) is 0 Å². The second kappa shape index (κ2) is 9.26. The van der Waals surface area contributed by atoms with Crippen molar-refractivity contribution >= 4 is 11.6 Å². The highest BCUT2D eigenvalue weighted by Crippen LogP contribution is 2.47. The van der Waals surface area contributed by atoms with Gasteiger partial charge in [-0.2, -0.15) is 18.4 Å². The number of benzene rings is 1. The molecule has 180 valence electrons. The number of nitrogens with zero attached hydrogens (tertiary/aromatic N) is 4. The summed E-state index contributed by atoms with van der Waals surface area (Å²) in [4.78, 5) is 21.0. The minimum Gasteiger partial charge on any atom is -0.384 e. The molecule has 0 N–H and O–H groups in total. The standard InChI is InChI=1S/C25H27F3N4O2/c1-17-4-3-9-30-22(17)23(33)31-10-7-24(8-11-31)16-32(14-19(24)15-34-2)20-6-5-18(13-29)21(12-20)25(26,27)28/h3-6,9,12,19H,7-8,10-11,14-16H2,1-2H3. The number of nitriles is 1. The van der Waals surface area contributed by atoms with Gasteiger partial charge in [0.1, 0.15) is 5.69 Å². The van der Waals surface area contributed by atoms with Gasteiger partial charge in [0.2, 0.25) is 0 Å². The molecule has 1 amide bonds. The number of aromatic nitrogens is 1. The van der Waals surface area contributed by atoms with Gasteiger partial charge in [0.15, 0.2) is 0 Å². The molecular weight excluding hydrogens is 445 g/mol. The van der Waals surface area contributed by atoms with Gasteiger partial charge in [-0.25, -0.2) is 0 Å². The van der Waals surface area contributed by atoms with Gasteiger partial charge in [-0.3, -0.25) is 9.78 Å². The maximum absolute atomic E-state index is 13.5. The second-order valence-electron chi connectivity index (χ2n) is 9.20. The zero-order valence-corrected chi connectivity index (χ0v) is 19.2. The fraction of sp³-hybridized carbons (Fsp3) is 0.480. The Kier molecular flexibility index (Phi) is 6.54. The molecule has 2 aliphatic heterocycles. The van der Waals surface area contributed by atoms with E-state index in [1.165, 1.54) is 6.07 Å². The van der Waals surface area contributed by atoms with Crippen LogP contribution in [-0.4, -0.2) is 55.7 Å². The van der Waals surface area contributed by atoms with Crippen molar-refractivity contribution in [2.24, 2.45) is 11.3 Å². The molecule has 3 heterocycles. The minimum atomic E-state index is -4.60. The summed E-state index contributed by atoms with van der Waals surface area (Å²) >= 11 is 0. The lowest BCUT2D eigenvalue weighted by molar-refractivity contribution is -0.137. The van der Waals surface area contributed by atoms with Gasteiger partial charge in [0.05, 0.1) is 23.8 Å². The highest BCUT2D eigenvalue weighted by Gasteiger charge is 2.49. The number of anilines is 1. The van der Waals surface area contributed by atoms with Crippen molar-refractivity contribution < 1.29 is 22.7 Å². The van der Waals surface area contributed by atoms with E-state index in [-0.39, 0.29) is 22.8 Å². The van der Waals surface area contributed by atoms with E-state index >= 15 is 0 Å². The number of alkyl halides is 3. The van der Waals surface area contributed by atoms with Crippen molar-refractivity contribution in [1.82, 2.24) is 9.88 Å². The zero-order valence-electron chi connectivity index (χ0n) is 19.2. The van der Waals surface area contributed by atoms with Crippen molar-refractivity contribution in [2.45, 2.75) is 25.9 Å². The first kappa shape index (κ1) is 24.0. The molecule has 1 spiro atoms. The lowest BCUT2D eigenvalue weighted by Gasteiger charge is -2.42. The number of aryl methyl sites for hydroxylation is 1. The van der Waals surface area contributed by atoms with E-state index in [2.05, 4.69) is 4.98 Å². The third-order valence-corrected chi connectivity index (χ3v) is 7.23. The SMILES string of the molecule is COCC1CN(c2ccc(C#N)c(C(F)(F)F)c2)CC12CCN(C(=O)c1ncccc1C)CC2. The molecule has 2 aliphatic rings. The Morgan fingerprint density at radius 2 is 2.03 bits per heavy atom. The number of ether oxygens (including phenoxy) is 1. The van der Waals surface area contributed by atoms with Gasteiger partial charge in [-0.05, 0) is 55.0 Å². The number of hydrogen-bond acceptors (Lipinski definition) is 5. The molecule has 0 aliphatic carbocycles. The Morgan fingerprint density at radius 3 is 2.65 bits per heavy atom. The lowest BCUT2D eigenvalue weighted by atomic mass is 9.71. The predicted octanol–water partition coefficient (Wildman–Crippen LogP) is 4.29. The smallest absolute Gasteiger partial charge is 0.384 e. The maximum atomic E-state index is 13.5. The third-order valence-electron chi connectivity index (χ3n) is 7.23. The van der Waals surface area contributed by atoms with Crippen LogP contribution in [0.4, 0.5) is 18.9 Å². The van der Waals surface area contributed by atoms with Gasteiger partial charge in [0.25, 0.3) is 5.91 Å². The summed E-state index contributed by atoms with van der Waals surface area (Å²) in [5.74, 6) is 0.0318. The van der Waals surface area contributed by atoms with Crippen LogP contribution in [0.2, 0.25) is 0 Å². The predicted molar refractivity (Wildman–Crippen MR) is 120 cm³/mol. The zero-order chi connectivity index (χ0) is 24.5. The molecular formula is C25H27F3N4O2. The monoisotopic (exact) mass is 472 g/mol. The molecule has 4 rings (SSSR count). The number of carbonyl (C=O) groups is 1. The summed E-state index contributed by atoms with van der Waals surface area (Å²) in [6.45, 7) is 4.61. The molecule has 1 atom stereocenters. The summed E-state index contributed by atoms with van der Waals surface area (Å²) in [5.41, 5.74) is 0.277. The van der Waals surface area contributed by atoms with Crippen molar-refractivity contribution in [3.8, 4) is 6.07 Å². The van der Waals surface area contributed by atoms with Crippen LogP contribution in [0.15, 0.2) is 36.5 Å². The third kappa shape index (κ3) is 4.47. The number of amides is 1. The number of halogens is 3. The number of methoxy groups -OCH3 is 1. The van der Waals surface area contributed by atoms with E-state index in [0.29, 0.717) is 44.2 Å². The summed E-state index contributed by atoms with van der Waals surface area (Å²) < 4.78 is 46.0. The fourth-order valence-electron chi connectivity index (χ4n) is 5.30. The Hall–Kier alpha value is -3.12. The average Bonchev–Trinajstić information content (AvgIpc) is 3.16. The van der Waals surface area contributed by atoms with Gasteiger partial charge >= 0.3 is 6.18 Å². The van der Waals surface area contributed by atoms with E-state index in [1.807, 2.05) is 22.8 Å². The topological polar surface area (TPSA) is 69.5 Å². The molecule has 0 bridgehead atoms. The molecule has 2 fully saturated rings. The van der Waals surface area contributed by atoms with Crippen molar-refractivity contribution in [1.29, 1.82) is 5.26 Å². The molecule has 6 nitrogen and oxygen atoms in total. The van der Waals surface area contributed by atoms with Crippen LogP contribution >= 0.6 is 0 Å². The summed E-state index contributed by atoms with van der Waals surface area (Å²) in [6, 6.07) is 9.20. The van der Waals surface area contributed by atoms with Crippen LogP contribution in [0.5, 0.6) is 0 Å². The molecule has 0 saturated carbocycles. The average molecular weight is 473 g/mol. The first-order chi connectivity index (χ1) is 16.2. The Morgan fingerprint density at radius 1 is 1.29 bits per heavy atom. The van der Waals surface area contributed by atoms with E-state index in [1.54, 1.807) is 31.5 Å². The van der Waals surface area contributed by atoms with E-state index in [9.17, 15) is 18.0 Å². The van der Waals surface area contributed by atoms with Gasteiger partial charge < -0.3 is 14.5 Å². The fourth-order valence-corrected chi connectivity index (χ4v) is 5.30. The molecule has 1 unspecified atom stereocenters. The van der Waals surface area contributed by atoms with Crippen molar-refractivity contribution in [2.75, 3.05) is 44.8 Å². The number of pyridine rings is 1. The minimum absolute atomic E-state index is 0.0898. The largest absolute Gasteiger partial charge is 0.417 e. The van der Waals surface area contributed by atoms with Crippen LogP contribution in [0.3, 0.4) is 0 Å². The Balaban J connectivity index is 1.54. The van der Waals surface area contributed by atoms with Crippen LogP contribution < -0.4 is 4.90 Å². The summed E-state index contributed by atoms with van der Waals surface area (Å²) in [5, 5.41) is 9.10. The molecule has 1 aromatic carbocycles. The summed E-state index contributed by atoms with van der Waals surface area (Å²) in [7, 11) is 1.63. The quantitative estimate of drug-likeness (QED) is 0.664. The second-order valence-corrected chi connectivity index (χ2v) is 9.20. The van der Waals surface area contributed by atoms with Gasteiger partial charge in [0, 0.05) is 51.1 Å². The van der Waals surface area contributed by atoms with Crippen LogP contribution in [-0.2, 0) is 10.9 Å². The Labute approximate surface area is 196 Å². The van der Waals surface area contributed by atoms with E-state index < -0.39 is 11.7 Å². The number of rotatable bonds is 4. The van der Waals surface area contributed by atoms with E-state index in [0.717, 1.165) is 24.5 Å². The first-order valence-corrected chi connectivity index (χ1v) is 11.2. The van der Waals surface area contributed by atoms with Crippen molar-refractivity contribution in [3.63, 3.8) is 0 Å². The van der Waals surface area contributed by atoms with Crippen molar-refractivity contribution in [3.05, 3.63) is 58.9 Å². The normalized spacial score (nSPS) is 19.9. The highest BCUT2D eigenvalue weighted by atomic mass is 19.4. The highest BCUT2D eigenvalue weighted by molar-refractivity contribution is 5.93. The molecule has 34 heavy (non-hydrogen) atoms. The van der Waals surface area contributed by atoms with Crippen LogP contribution in [0.1, 0.15) is 40.0 Å². The summed E-state index contributed by atoms with van der Waals surface area (Å²) in [6.07, 6.45) is -1.52. The number of carbonyl (C=O) groups excluding carboxylic acids is 1. The number of likely N-dealkylation sites (tertiary alicyclic amines) is 1. The number of piperidine rings is 1. The molecule has 0 radical (unpaired) electrons. The number of hydrogen-bond donors (Lipinski definition) is 0.